The number of azo groups is 2. The van der Waals surface area contributed by atoms with Crippen LogP contribution in [-0.4, -0.2) is 35.3 Å². The van der Waals surface area contributed by atoms with Crippen molar-refractivity contribution in [1.82, 2.24) is 9.13 Å². The van der Waals surface area contributed by atoms with Gasteiger partial charge in [0, 0.05) is 47.8 Å². The molecule has 0 N–H and O–H groups in total. The van der Waals surface area contributed by atoms with E-state index >= 15 is 0 Å². The molecule has 0 saturated heterocycles. The summed E-state index contributed by atoms with van der Waals surface area (Å²) >= 11 is 0. The van der Waals surface area contributed by atoms with Crippen LogP contribution in [0.25, 0.3) is 0 Å². The van der Waals surface area contributed by atoms with E-state index in [2.05, 4.69) is 91.2 Å². The van der Waals surface area contributed by atoms with Crippen LogP contribution in [0.5, 0.6) is 0 Å². The summed E-state index contributed by atoms with van der Waals surface area (Å²) in [6.45, 7) is 6.66. The van der Waals surface area contributed by atoms with Crippen LogP contribution in [-0.2, 0) is 52.9 Å². The third kappa shape index (κ3) is 6.29. The Morgan fingerprint density at radius 3 is 1.27 bits per heavy atom. The fourth-order valence-electron chi connectivity index (χ4n) is 8.45. The summed E-state index contributed by atoms with van der Waals surface area (Å²) in [5.41, 5.74) is 10.7. The van der Waals surface area contributed by atoms with Gasteiger partial charge in [-0.1, -0.05) is 23.1 Å². The first-order valence-corrected chi connectivity index (χ1v) is 18.4. The fraction of sp³-hybridized carbons (Fsp3) is 0.526. The van der Waals surface area contributed by atoms with Crippen molar-refractivity contribution in [1.29, 1.82) is 0 Å². The van der Waals surface area contributed by atoms with Gasteiger partial charge < -0.3 is 9.80 Å². The van der Waals surface area contributed by atoms with Crippen LogP contribution in [0.3, 0.4) is 0 Å². The molecule has 0 bridgehead atoms. The van der Waals surface area contributed by atoms with Crippen molar-refractivity contribution < 1.29 is 9.13 Å². The van der Waals surface area contributed by atoms with Gasteiger partial charge in [0.15, 0.2) is 0 Å². The van der Waals surface area contributed by atoms with Gasteiger partial charge in [0.05, 0.1) is 52.0 Å². The number of unbranched alkanes of at least 4 members (excludes halogenated alkanes) is 3. The maximum atomic E-state index is 4.75. The van der Waals surface area contributed by atoms with Crippen molar-refractivity contribution in [3.63, 3.8) is 0 Å². The summed E-state index contributed by atoms with van der Waals surface area (Å²) < 4.78 is 8.63. The molecule has 6 heterocycles. The average molecular weight is 647 g/mol. The predicted octanol–water partition coefficient (Wildman–Crippen LogP) is 7.43. The van der Waals surface area contributed by atoms with Gasteiger partial charge in [-0.25, -0.2) is 18.3 Å². The van der Waals surface area contributed by atoms with Gasteiger partial charge in [0.2, 0.25) is 0 Å². The SMILES string of the molecule is C[n+]1ccn(CCCCCCn2cc[n+](C)c2N=Nc2cc3c4c(c2)CCCN4CCC3)c1N=Nc1cc2c3c(c1)CCCN3CCC2. The third-order valence-electron chi connectivity index (χ3n) is 10.8. The molecule has 0 aliphatic carbocycles. The lowest BCUT2D eigenvalue weighted by Crippen LogP contribution is -2.34. The number of benzene rings is 2. The second-order valence-corrected chi connectivity index (χ2v) is 14.2. The van der Waals surface area contributed by atoms with Crippen molar-refractivity contribution in [2.24, 2.45) is 34.6 Å². The van der Waals surface area contributed by atoms with Crippen molar-refractivity contribution >= 4 is 34.6 Å². The van der Waals surface area contributed by atoms with Crippen molar-refractivity contribution in [3.05, 3.63) is 71.3 Å². The number of imidazole rings is 2. The summed E-state index contributed by atoms with van der Waals surface area (Å²) in [7, 11) is 4.11. The largest absolute Gasteiger partial charge is 0.421 e. The second-order valence-electron chi connectivity index (χ2n) is 14.2. The van der Waals surface area contributed by atoms with Crippen molar-refractivity contribution in [3.8, 4) is 0 Å². The standard InChI is InChI=1S/C38H50N10/c1-43-21-23-47(37(43)41-39-33-25-29-11-7-17-45-18-8-12-30(26-33)35(29)45)15-5-3-4-6-16-48-24-22-44(2)38(48)42-40-34-27-31-13-9-19-46-20-10-14-32(28-34)36(31)46/h21-28H,3-20H2,1-2H3/q+2. The number of hydrogen-bond donors (Lipinski definition) is 0. The molecule has 0 fully saturated rings. The highest BCUT2D eigenvalue weighted by molar-refractivity contribution is 5.68. The van der Waals surface area contributed by atoms with Gasteiger partial charge in [-0.3, -0.25) is 0 Å². The molecule has 0 amide bonds. The van der Waals surface area contributed by atoms with Gasteiger partial charge in [0.1, 0.15) is 11.4 Å². The van der Waals surface area contributed by atoms with Gasteiger partial charge in [-0.05, 0) is 111 Å². The van der Waals surface area contributed by atoms with E-state index in [0.29, 0.717) is 0 Å². The molecule has 2 aromatic carbocycles. The molecule has 10 heteroatoms. The molecule has 4 aliphatic heterocycles. The highest BCUT2D eigenvalue weighted by Gasteiger charge is 2.26. The zero-order chi connectivity index (χ0) is 32.5. The number of nitrogens with zero attached hydrogens (tertiary/aromatic N) is 10. The Labute approximate surface area is 284 Å². The Bertz CT molecular complexity index is 1650. The summed E-state index contributed by atoms with van der Waals surface area (Å²) in [6.07, 6.45) is 22.5. The first kappa shape index (κ1) is 31.0. The first-order valence-electron chi connectivity index (χ1n) is 18.4. The lowest BCUT2D eigenvalue weighted by molar-refractivity contribution is -0.657. The van der Waals surface area contributed by atoms with Crippen LogP contribution >= 0.6 is 0 Å². The Hall–Kier alpha value is -4.34. The van der Waals surface area contributed by atoms with E-state index in [0.717, 1.165) is 74.9 Å². The smallest absolute Gasteiger partial charge is 0.371 e. The molecular formula is C38H50N10+2. The van der Waals surface area contributed by atoms with Crippen molar-refractivity contribution in [2.75, 3.05) is 36.0 Å². The van der Waals surface area contributed by atoms with E-state index in [1.165, 1.54) is 98.3 Å². The van der Waals surface area contributed by atoms with Crippen LogP contribution in [0.1, 0.15) is 73.6 Å². The molecule has 2 aromatic heterocycles. The number of rotatable bonds is 11. The lowest BCUT2D eigenvalue weighted by Gasteiger charge is -2.36. The van der Waals surface area contributed by atoms with E-state index in [1.807, 2.05) is 0 Å². The minimum absolute atomic E-state index is 0.901. The zero-order valence-corrected chi connectivity index (χ0v) is 28.8. The van der Waals surface area contributed by atoms with Crippen LogP contribution in [0.15, 0.2) is 69.5 Å². The number of hydrogen-bond acceptors (Lipinski definition) is 6. The molecule has 0 radical (unpaired) electrons. The minimum atomic E-state index is 0.901. The van der Waals surface area contributed by atoms with E-state index < -0.39 is 0 Å². The molecule has 0 spiro atoms. The minimum Gasteiger partial charge on any atom is -0.371 e. The molecule has 10 nitrogen and oxygen atoms in total. The van der Waals surface area contributed by atoms with E-state index in [-0.39, 0.29) is 0 Å². The average Bonchev–Trinajstić information content (AvgIpc) is 3.64. The topological polar surface area (TPSA) is 73.5 Å². The summed E-state index contributed by atoms with van der Waals surface area (Å²) in [5, 5.41) is 19.0. The number of aryl methyl sites for hydroxylation is 8. The zero-order valence-electron chi connectivity index (χ0n) is 28.8. The molecule has 4 aliphatic rings. The molecular weight excluding hydrogens is 596 g/mol. The second kappa shape index (κ2) is 13.6. The molecule has 250 valence electrons. The normalized spacial score (nSPS) is 17.0. The molecule has 8 rings (SSSR count). The summed E-state index contributed by atoms with van der Waals surface area (Å²) in [5.74, 6) is 1.80. The van der Waals surface area contributed by atoms with E-state index in [9.17, 15) is 0 Å². The quantitative estimate of drug-likeness (QED) is 0.0966. The molecule has 0 unspecified atom stereocenters. The van der Waals surface area contributed by atoms with Crippen molar-refractivity contribution in [2.45, 2.75) is 90.1 Å². The molecule has 0 atom stereocenters. The maximum Gasteiger partial charge on any atom is 0.421 e. The Morgan fingerprint density at radius 1 is 0.521 bits per heavy atom. The van der Waals surface area contributed by atoms with Gasteiger partial charge in [0.25, 0.3) is 0 Å². The Kier molecular flexibility index (Phi) is 8.80. The van der Waals surface area contributed by atoms with Crippen LogP contribution in [0.4, 0.5) is 34.6 Å². The van der Waals surface area contributed by atoms with Crippen LogP contribution < -0.4 is 18.9 Å². The van der Waals surface area contributed by atoms with E-state index in [1.54, 1.807) is 0 Å². The fourth-order valence-corrected chi connectivity index (χ4v) is 8.45. The summed E-state index contributed by atoms with van der Waals surface area (Å²) in [6, 6.07) is 9.06. The Morgan fingerprint density at radius 2 is 0.896 bits per heavy atom. The highest BCUT2D eigenvalue weighted by atomic mass is 15.3. The third-order valence-corrected chi connectivity index (χ3v) is 10.8. The monoisotopic (exact) mass is 646 g/mol. The highest BCUT2D eigenvalue weighted by Crippen LogP contribution is 2.39. The Balaban J connectivity index is 0.847. The van der Waals surface area contributed by atoms with Crippen LogP contribution in [0, 0.1) is 0 Å². The lowest BCUT2D eigenvalue weighted by atomic mass is 9.91. The van der Waals surface area contributed by atoms with Gasteiger partial charge in [-0.2, -0.15) is 0 Å². The molecule has 48 heavy (non-hydrogen) atoms. The van der Waals surface area contributed by atoms with E-state index in [4.69, 9.17) is 20.5 Å². The van der Waals surface area contributed by atoms with Gasteiger partial charge >= 0.3 is 11.9 Å². The predicted molar refractivity (Wildman–Crippen MR) is 189 cm³/mol. The number of anilines is 2. The maximum absolute atomic E-state index is 4.75. The molecule has 4 aromatic rings. The summed E-state index contributed by atoms with van der Waals surface area (Å²) in [4.78, 5) is 5.15. The first-order chi connectivity index (χ1) is 23.6. The molecule has 0 saturated carbocycles. The van der Waals surface area contributed by atoms with Gasteiger partial charge in [-0.15, -0.1) is 0 Å². The van der Waals surface area contributed by atoms with Crippen LogP contribution in [0.2, 0.25) is 0 Å². The number of aromatic nitrogens is 4.